The van der Waals surface area contributed by atoms with Gasteiger partial charge >= 0.3 is 0 Å². The van der Waals surface area contributed by atoms with E-state index in [0.717, 1.165) is 24.5 Å². The molecule has 1 aromatic rings. The molecular formula is C14H23N3O2. The lowest BCUT2D eigenvalue weighted by Gasteiger charge is -2.36. The molecule has 5 heteroatoms. The molecule has 0 spiro atoms. The first-order chi connectivity index (χ1) is 8.79. The van der Waals surface area contributed by atoms with Crippen LogP contribution < -0.4 is 0 Å². The summed E-state index contributed by atoms with van der Waals surface area (Å²) in [6, 6.07) is 1.91. The number of amides is 1. The zero-order chi connectivity index (χ0) is 14.2. The van der Waals surface area contributed by atoms with Crippen LogP contribution in [0.5, 0.6) is 0 Å². The third kappa shape index (κ3) is 2.97. The molecule has 1 amide bonds. The van der Waals surface area contributed by atoms with E-state index in [0.29, 0.717) is 6.54 Å². The molecule has 0 N–H and O–H groups in total. The van der Waals surface area contributed by atoms with Crippen LogP contribution in [0.4, 0.5) is 0 Å². The molecule has 1 atom stereocenters. The molecule has 1 fully saturated rings. The normalized spacial score (nSPS) is 22.1. The Balaban J connectivity index is 2.05. The van der Waals surface area contributed by atoms with Crippen molar-refractivity contribution < 1.29 is 9.32 Å². The van der Waals surface area contributed by atoms with Crippen LogP contribution >= 0.6 is 0 Å². The molecule has 19 heavy (non-hydrogen) atoms. The van der Waals surface area contributed by atoms with E-state index in [1.165, 1.54) is 0 Å². The first-order valence-electron chi connectivity index (χ1n) is 6.74. The van der Waals surface area contributed by atoms with Gasteiger partial charge in [-0.15, -0.1) is 0 Å². The third-order valence-corrected chi connectivity index (χ3v) is 3.67. The van der Waals surface area contributed by atoms with Gasteiger partial charge in [0.05, 0.1) is 11.7 Å². The Bertz CT molecular complexity index is 462. The van der Waals surface area contributed by atoms with Crippen LogP contribution in [0, 0.1) is 0 Å². The highest BCUT2D eigenvalue weighted by molar-refractivity contribution is 5.81. The van der Waals surface area contributed by atoms with Gasteiger partial charge in [0.25, 0.3) is 0 Å². The van der Waals surface area contributed by atoms with Gasteiger partial charge in [0.1, 0.15) is 5.76 Å². The van der Waals surface area contributed by atoms with Crippen LogP contribution in [0.2, 0.25) is 0 Å². The smallest absolute Gasteiger partial charge is 0.239 e. The molecule has 1 aromatic heterocycles. The number of carbonyl (C=O) groups excluding carboxylic acids is 1. The topological polar surface area (TPSA) is 49.6 Å². The molecule has 2 rings (SSSR count). The number of nitrogens with zero attached hydrogens (tertiary/aromatic N) is 3. The Hall–Kier alpha value is -1.36. The van der Waals surface area contributed by atoms with Gasteiger partial charge in [-0.3, -0.25) is 9.69 Å². The van der Waals surface area contributed by atoms with E-state index in [9.17, 15) is 4.79 Å². The fourth-order valence-electron chi connectivity index (χ4n) is 2.22. The Kier molecular flexibility index (Phi) is 3.67. The molecule has 5 nitrogen and oxygen atoms in total. The lowest BCUT2D eigenvalue weighted by atomic mass is 9.93. The Labute approximate surface area is 114 Å². The van der Waals surface area contributed by atoms with Crippen LogP contribution in [-0.2, 0) is 16.8 Å². The number of aromatic nitrogens is 1. The van der Waals surface area contributed by atoms with Crippen LogP contribution in [0.1, 0.15) is 39.1 Å². The van der Waals surface area contributed by atoms with E-state index >= 15 is 0 Å². The van der Waals surface area contributed by atoms with E-state index in [2.05, 4.69) is 30.8 Å². The second kappa shape index (κ2) is 4.96. The van der Waals surface area contributed by atoms with E-state index in [-0.39, 0.29) is 17.4 Å². The van der Waals surface area contributed by atoms with Crippen LogP contribution in [0.3, 0.4) is 0 Å². The summed E-state index contributed by atoms with van der Waals surface area (Å²) in [5, 5.41) is 4.11. The number of hydrogen-bond acceptors (Lipinski definition) is 4. The molecule has 1 aliphatic rings. The first kappa shape index (κ1) is 14.1. The predicted molar refractivity (Wildman–Crippen MR) is 72.7 cm³/mol. The summed E-state index contributed by atoms with van der Waals surface area (Å²) in [7, 11) is 1.85. The maximum atomic E-state index is 11.9. The van der Waals surface area contributed by atoms with E-state index in [1.54, 1.807) is 4.90 Å². The van der Waals surface area contributed by atoms with Gasteiger partial charge in [0.15, 0.2) is 0 Å². The highest BCUT2D eigenvalue weighted by atomic mass is 16.5. The summed E-state index contributed by atoms with van der Waals surface area (Å²) in [4.78, 5) is 15.9. The minimum absolute atomic E-state index is 0.0329. The third-order valence-electron chi connectivity index (χ3n) is 3.67. The van der Waals surface area contributed by atoms with Gasteiger partial charge < -0.3 is 9.42 Å². The minimum atomic E-state index is -0.0893. The Morgan fingerprint density at radius 3 is 2.68 bits per heavy atom. The molecule has 106 valence electrons. The molecular weight excluding hydrogens is 242 g/mol. The lowest BCUT2D eigenvalue weighted by molar-refractivity contribution is -0.139. The van der Waals surface area contributed by atoms with Crippen molar-refractivity contribution in [3.05, 3.63) is 17.5 Å². The highest BCUT2D eigenvalue weighted by Crippen LogP contribution is 2.23. The molecule has 0 aliphatic carbocycles. The summed E-state index contributed by atoms with van der Waals surface area (Å²) in [5.41, 5.74) is 0.864. The van der Waals surface area contributed by atoms with Gasteiger partial charge in [0.2, 0.25) is 5.91 Å². The van der Waals surface area contributed by atoms with Gasteiger partial charge in [-0.1, -0.05) is 25.9 Å². The van der Waals surface area contributed by atoms with Crippen LogP contribution in [0.25, 0.3) is 0 Å². The quantitative estimate of drug-likeness (QED) is 0.815. The molecule has 1 unspecified atom stereocenters. The monoisotopic (exact) mass is 265 g/mol. The second-order valence-electron chi connectivity index (χ2n) is 6.34. The zero-order valence-electron chi connectivity index (χ0n) is 12.4. The number of hydrogen-bond donors (Lipinski definition) is 0. The fourth-order valence-corrected chi connectivity index (χ4v) is 2.22. The molecule has 0 saturated carbocycles. The largest absolute Gasteiger partial charge is 0.361 e. The Morgan fingerprint density at radius 2 is 2.11 bits per heavy atom. The summed E-state index contributed by atoms with van der Waals surface area (Å²) < 4.78 is 5.38. The van der Waals surface area contributed by atoms with E-state index in [1.807, 2.05) is 20.0 Å². The summed E-state index contributed by atoms with van der Waals surface area (Å²) >= 11 is 0. The zero-order valence-corrected chi connectivity index (χ0v) is 12.4. The van der Waals surface area contributed by atoms with Crippen molar-refractivity contribution in [3.63, 3.8) is 0 Å². The van der Waals surface area contributed by atoms with Gasteiger partial charge in [-0.2, -0.15) is 0 Å². The van der Waals surface area contributed by atoms with Gasteiger partial charge in [-0.25, -0.2) is 0 Å². The van der Waals surface area contributed by atoms with Crippen molar-refractivity contribution >= 4 is 5.91 Å². The van der Waals surface area contributed by atoms with Crippen molar-refractivity contribution in [1.82, 2.24) is 15.0 Å². The van der Waals surface area contributed by atoms with Crippen molar-refractivity contribution in [2.24, 2.45) is 0 Å². The molecule has 1 aliphatic heterocycles. The minimum Gasteiger partial charge on any atom is -0.361 e. The lowest BCUT2D eigenvalue weighted by Crippen LogP contribution is -2.53. The first-order valence-corrected chi connectivity index (χ1v) is 6.74. The van der Waals surface area contributed by atoms with Crippen molar-refractivity contribution in [3.8, 4) is 0 Å². The molecule has 0 radical (unpaired) electrons. The number of carbonyl (C=O) groups is 1. The molecule has 0 bridgehead atoms. The molecule has 2 heterocycles. The van der Waals surface area contributed by atoms with Crippen molar-refractivity contribution in [1.29, 1.82) is 0 Å². The number of rotatable bonds is 2. The molecule has 0 aromatic carbocycles. The van der Waals surface area contributed by atoms with Gasteiger partial charge in [0, 0.05) is 38.2 Å². The maximum Gasteiger partial charge on any atom is 0.239 e. The van der Waals surface area contributed by atoms with Gasteiger partial charge in [-0.05, 0) is 6.92 Å². The SMILES string of the molecule is CC1C(=O)N(C)CCN1Cc1cc(C(C)(C)C)on1. The van der Waals surface area contributed by atoms with E-state index < -0.39 is 0 Å². The highest BCUT2D eigenvalue weighted by Gasteiger charge is 2.30. The average molecular weight is 265 g/mol. The van der Waals surface area contributed by atoms with E-state index in [4.69, 9.17) is 4.52 Å². The maximum absolute atomic E-state index is 11.9. The van der Waals surface area contributed by atoms with Crippen molar-refractivity contribution in [2.75, 3.05) is 20.1 Å². The second-order valence-corrected chi connectivity index (χ2v) is 6.34. The summed E-state index contributed by atoms with van der Waals surface area (Å²) in [6.45, 7) is 10.6. The summed E-state index contributed by atoms with van der Waals surface area (Å²) in [6.07, 6.45) is 0. The Morgan fingerprint density at radius 1 is 1.42 bits per heavy atom. The predicted octanol–water partition coefficient (Wildman–Crippen LogP) is 1.63. The summed E-state index contributed by atoms with van der Waals surface area (Å²) in [5.74, 6) is 1.06. The number of piperazine rings is 1. The molecule has 1 saturated heterocycles. The fraction of sp³-hybridized carbons (Fsp3) is 0.714. The van der Waals surface area contributed by atoms with Crippen LogP contribution in [-0.4, -0.2) is 47.0 Å². The van der Waals surface area contributed by atoms with Crippen molar-refractivity contribution in [2.45, 2.75) is 45.7 Å². The average Bonchev–Trinajstić information content (AvgIpc) is 2.78. The van der Waals surface area contributed by atoms with Crippen LogP contribution in [0.15, 0.2) is 10.6 Å². The standard InChI is InChI=1S/C14H23N3O2/c1-10-13(18)16(5)6-7-17(10)9-11-8-12(19-15-11)14(2,3)4/h8,10H,6-7,9H2,1-5H3. The number of likely N-dealkylation sites (N-methyl/N-ethyl adjacent to an activating group) is 1.